The van der Waals surface area contributed by atoms with Crippen molar-refractivity contribution >= 4 is 39.5 Å². The van der Waals surface area contributed by atoms with Crippen LogP contribution in [-0.2, 0) is 65.4 Å². The molecule has 96 heavy (non-hydrogen) atoms. The Kier molecular flexibility index (Phi) is 66.6. The number of rotatable bonds is 70. The minimum Gasteiger partial charge on any atom is -0.462 e. The van der Waals surface area contributed by atoms with Crippen LogP contribution in [0.25, 0.3) is 0 Å². The normalized spacial score (nSPS) is 14.5. The lowest BCUT2D eigenvalue weighted by Gasteiger charge is -2.21. The first-order valence-corrected chi connectivity index (χ1v) is 40.5. The van der Waals surface area contributed by atoms with Gasteiger partial charge in [-0.15, -0.1) is 0 Å². The number of unbranched alkanes of at least 4 members (excludes halogenated alkanes) is 28. The van der Waals surface area contributed by atoms with Crippen LogP contribution in [0.4, 0.5) is 0 Å². The minimum atomic E-state index is -4.98. The molecular weight excluding hydrogens is 1260 g/mol. The fourth-order valence-corrected chi connectivity index (χ4v) is 11.4. The number of allylic oxidation sites excluding steroid dienone is 16. The molecule has 17 nitrogen and oxygen atoms in total. The Labute approximate surface area is 582 Å². The van der Waals surface area contributed by atoms with Gasteiger partial charge in [-0.25, -0.2) is 9.13 Å². The monoisotopic (exact) mass is 1390 g/mol. The summed E-state index contributed by atoms with van der Waals surface area (Å²) in [6, 6.07) is 0. The molecule has 0 heterocycles. The third-order valence-corrected chi connectivity index (χ3v) is 17.4. The number of hydrogen-bond donors (Lipinski definition) is 3. The summed E-state index contributed by atoms with van der Waals surface area (Å²) >= 11 is 0. The molecule has 5 atom stereocenters. The highest BCUT2D eigenvalue weighted by Gasteiger charge is 2.30. The summed E-state index contributed by atoms with van der Waals surface area (Å²) in [5.74, 6) is -2.22. The minimum absolute atomic E-state index is 0.0760. The zero-order chi connectivity index (χ0) is 70.4. The molecule has 0 aliphatic heterocycles. The Bertz CT molecular complexity index is 2200. The molecular formula is C77H134O17P2. The van der Waals surface area contributed by atoms with Gasteiger partial charge in [-0.05, 0) is 135 Å². The largest absolute Gasteiger partial charge is 0.472 e. The van der Waals surface area contributed by atoms with E-state index in [2.05, 4.69) is 125 Å². The zero-order valence-electron chi connectivity index (χ0n) is 60.3. The lowest BCUT2D eigenvalue weighted by atomic mass is 10.1. The van der Waals surface area contributed by atoms with Crippen molar-refractivity contribution in [1.29, 1.82) is 0 Å². The zero-order valence-corrected chi connectivity index (χ0v) is 62.1. The molecule has 5 unspecified atom stereocenters. The van der Waals surface area contributed by atoms with Crippen LogP contribution in [0.15, 0.2) is 97.2 Å². The van der Waals surface area contributed by atoms with E-state index in [-0.39, 0.29) is 25.7 Å². The van der Waals surface area contributed by atoms with Crippen LogP contribution in [0, 0.1) is 0 Å². The average molecular weight is 1390 g/mol. The maximum absolute atomic E-state index is 13.1. The summed E-state index contributed by atoms with van der Waals surface area (Å²) in [7, 11) is -9.95. The summed E-state index contributed by atoms with van der Waals surface area (Å²) in [4.78, 5) is 72.8. The maximum atomic E-state index is 13.1. The van der Waals surface area contributed by atoms with E-state index in [4.69, 9.17) is 37.0 Å². The van der Waals surface area contributed by atoms with Gasteiger partial charge in [0.2, 0.25) is 0 Å². The smallest absolute Gasteiger partial charge is 0.462 e. The number of hydrogen-bond acceptors (Lipinski definition) is 15. The van der Waals surface area contributed by atoms with E-state index < -0.39 is 97.5 Å². The Hall–Kier alpha value is -4.02. The number of aliphatic hydroxyl groups excluding tert-OH is 1. The number of phosphoric ester groups is 2. The van der Waals surface area contributed by atoms with Crippen molar-refractivity contribution in [1.82, 2.24) is 0 Å². The van der Waals surface area contributed by atoms with Gasteiger partial charge in [0.25, 0.3) is 0 Å². The van der Waals surface area contributed by atoms with Crippen molar-refractivity contribution in [3.63, 3.8) is 0 Å². The van der Waals surface area contributed by atoms with Gasteiger partial charge in [0, 0.05) is 25.7 Å². The molecule has 0 fully saturated rings. The quantitative estimate of drug-likeness (QED) is 0.0169. The van der Waals surface area contributed by atoms with Crippen molar-refractivity contribution < 1.29 is 80.2 Å². The average Bonchev–Trinajstić information content (AvgIpc) is 3.12. The Balaban J connectivity index is 5.34. The fraction of sp³-hybridized carbons (Fsp3) is 0.740. The van der Waals surface area contributed by atoms with E-state index in [1.807, 2.05) is 0 Å². The van der Waals surface area contributed by atoms with E-state index in [0.717, 1.165) is 205 Å². The number of phosphoric acid groups is 2. The molecule has 0 aromatic rings. The van der Waals surface area contributed by atoms with Crippen LogP contribution in [0.5, 0.6) is 0 Å². The van der Waals surface area contributed by atoms with Gasteiger partial charge in [-0.2, -0.15) is 0 Å². The number of ether oxygens (including phenoxy) is 4. The van der Waals surface area contributed by atoms with Crippen molar-refractivity contribution in [3.05, 3.63) is 97.2 Å². The van der Waals surface area contributed by atoms with E-state index >= 15 is 0 Å². The molecule has 19 heteroatoms. The predicted molar refractivity (Wildman–Crippen MR) is 390 cm³/mol. The SMILES string of the molecule is CC/C=C\C/C=C\C/C=C\CCCCCCCCCC(=O)OCC(COP(=O)(O)OCC(O)COP(=O)(O)OCC(COC(=O)CCCCCCC/C=C\C/C=C\CCC)OC(=O)CCCCCCC/C=C\CCCCCC)OC(=O)CCCCCCC/C=C\C/C=C\CCC. The molecule has 554 valence electrons. The second-order valence-electron chi connectivity index (χ2n) is 24.8. The van der Waals surface area contributed by atoms with E-state index in [1.54, 1.807) is 0 Å². The van der Waals surface area contributed by atoms with Gasteiger partial charge in [0.05, 0.1) is 26.4 Å². The fourth-order valence-electron chi connectivity index (χ4n) is 9.77. The first-order valence-electron chi connectivity index (χ1n) is 37.5. The lowest BCUT2D eigenvalue weighted by molar-refractivity contribution is -0.161. The first-order chi connectivity index (χ1) is 46.7. The van der Waals surface area contributed by atoms with Crippen LogP contribution >= 0.6 is 15.6 Å². The summed E-state index contributed by atoms with van der Waals surface area (Å²) in [5, 5.41) is 10.6. The second kappa shape index (κ2) is 69.5. The molecule has 0 aromatic carbocycles. The highest BCUT2D eigenvalue weighted by atomic mass is 31.2. The third kappa shape index (κ3) is 68.5. The summed E-state index contributed by atoms with van der Waals surface area (Å²) < 4.78 is 68.4. The molecule has 0 rings (SSSR count). The topological polar surface area (TPSA) is 237 Å². The molecule has 0 radical (unpaired) electrons. The van der Waals surface area contributed by atoms with Crippen LogP contribution in [0.1, 0.15) is 310 Å². The van der Waals surface area contributed by atoms with Gasteiger partial charge >= 0.3 is 39.5 Å². The number of aliphatic hydroxyl groups is 1. The van der Waals surface area contributed by atoms with Crippen molar-refractivity contribution in [2.45, 2.75) is 329 Å². The second-order valence-corrected chi connectivity index (χ2v) is 27.8. The van der Waals surface area contributed by atoms with Crippen LogP contribution in [0.3, 0.4) is 0 Å². The van der Waals surface area contributed by atoms with Gasteiger partial charge < -0.3 is 33.8 Å². The molecule has 0 aliphatic rings. The molecule has 3 N–H and O–H groups in total. The van der Waals surface area contributed by atoms with Crippen molar-refractivity contribution in [3.8, 4) is 0 Å². The van der Waals surface area contributed by atoms with Crippen molar-refractivity contribution in [2.75, 3.05) is 39.6 Å². The third-order valence-electron chi connectivity index (χ3n) is 15.5. The van der Waals surface area contributed by atoms with Crippen LogP contribution in [0.2, 0.25) is 0 Å². The number of esters is 4. The van der Waals surface area contributed by atoms with E-state index in [0.29, 0.717) is 25.7 Å². The standard InChI is InChI=1S/C77H134O17P2/c1-5-9-13-17-21-25-29-33-34-35-36-40-42-46-50-54-58-62-75(80)88-68-73(94-77(82)64-60-56-52-48-44-39-32-28-24-20-16-12-8-4)70-92-96(85,86)90-66-71(78)65-89-95(83,84)91-69-72(93-76(81)63-59-55-51-47-43-38-31-27-23-19-15-11-7-3)67-87-74(79)61-57-53-49-45-41-37-30-26-22-18-14-10-6-2/h9,13-14,16,18,20-21,25-28,30-34,71-73,78H,5-8,10-12,15,17,19,22-24,29,35-70H2,1-4H3,(H,83,84)(H,85,86)/b13-9-,18-14-,20-16-,25-21-,30-26-,31-27-,32-28-,34-33-. The maximum Gasteiger partial charge on any atom is 0.472 e. The van der Waals surface area contributed by atoms with Gasteiger partial charge in [0.15, 0.2) is 12.2 Å². The summed E-state index contributed by atoms with van der Waals surface area (Å²) in [6.45, 7) is 4.58. The Morgan fingerprint density at radius 2 is 0.562 bits per heavy atom. The Morgan fingerprint density at radius 1 is 0.302 bits per heavy atom. The lowest BCUT2D eigenvalue weighted by Crippen LogP contribution is -2.30. The number of carbonyl (C=O) groups is 4. The molecule has 0 saturated carbocycles. The van der Waals surface area contributed by atoms with Crippen LogP contribution in [-0.4, -0.2) is 96.7 Å². The summed E-state index contributed by atoms with van der Waals surface area (Å²) in [5.41, 5.74) is 0. The van der Waals surface area contributed by atoms with Crippen LogP contribution < -0.4 is 0 Å². The first kappa shape index (κ1) is 92.0. The molecule has 0 amide bonds. The molecule has 0 bridgehead atoms. The van der Waals surface area contributed by atoms with Gasteiger partial charge in [-0.1, -0.05) is 247 Å². The molecule has 0 aliphatic carbocycles. The predicted octanol–water partition coefficient (Wildman–Crippen LogP) is 21.2. The van der Waals surface area contributed by atoms with Gasteiger partial charge in [0.1, 0.15) is 19.3 Å². The molecule has 0 saturated heterocycles. The highest BCUT2D eigenvalue weighted by molar-refractivity contribution is 7.47. The van der Waals surface area contributed by atoms with E-state index in [9.17, 15) is 43.2 Å². The highest BCUT2D eigenvalue weighted by Crippen LogP contribution is 2.45. The molecule has 0 aromatic heterocycles. The Morgan fingerprint density at radius 3 is 0.885 bits per heavy atom. The summed E-state index contributed by atoms with van der Waals surface area (Å²) in [6.07, 6.45) is 71.1. The van der Waals surface area contributed by atoms with Crippen molar-refractivity contribution in [2.24, 2.45) is 0 Å². The number of carbonyl (C=O) groups excluding carboxylic acids is 4. The molecule has 0 spiro atoms. The van der Waals surface area contributed by atoms with E-state index in [1.165, 1.54) is 25.7 Å². The van der Waals surface area contributed by atoms with Gasteiger partial charge in [-0.3, -0.25) is 37.3 Å².